The predicted octanol–water partition coefficient (Wildman–Crippen LogP) is 4.27. The summed E-state index contributed by atoms with van der Waals surface area (Å²) in [4.78, 5) is 10.9. The average molecular weight is 311 g/mol. The number of carboxylic acids is 1. The largest absolute Gasteiger partial charge is 0.481 e. The molecule has 2 unspecified atom stereocenters. The van der Waals surface area contributed by atoms with E-state index >= 15 is 0 Å². The summed E-state index contributed by atoms with van der Waals surface area (Å²) < 4.78 is 1.14. The summed E-state index contributed by atoms with van der Waals surface area (Å²) in [5, 5.41) is 8.99. The van der Waals surface area contributed by atoms with Crippen LogP contribution in [0.5, 0.6) is 0 Å². The van der Waals surface area contributed by atoms with Crippen LogP contribution in [0.4, 0.5) is 0 Å². The van der Waals surface area contributed by atoms with E-state index in [-0.39, 0.29) is 0 Å². The van der Waals surface area contributed by atoms with E-state index in [0.29, 0.717) is 18.3 Å². The van der Waals surface area contributed by atoms with Gasteiger partial charge in [-0.2, -0.15) is 0 Å². The third-order valence-corrected chi connectivity index (χ3v) is 4.72. The Hall–Kier alpha value is -0.830. The van der Waals surface area contributed by atoms with E-state index in [1.54, 1.807) is 0 Å². The molecule has 1 aliphatic rings. The summed E-state index contributed by atoms with van der Waals surface area (Å²) in [7, 11) is 0. The highest BCUT2D eigenvalue weighted by molar-refractivity contribution is 9.10. The minimum Gasteiger partial charge on any atom is -0.481 e. The minimum absolute atomic E-state index is 0.328. The van der Waals surface area contributed by atoms with Gasteiger partial charge < -0.3 is 5.11 Å². The Morgan fingerprint density at radius 3 is 2.56 bits per heavy atom. The molecule has 1 aliphatic carbocycles. The van der Waals surface area contributed by atoms with E-state index in [1.165, 1.54) is 24.8 Å². The quantitative estimate of drug-likeness (QED) is 0.901. The van der Waals surface area contributed by atoms with Crippen LogP contribution in [-0.2, 0) is 11.2 Å². The van der Waals surface area contributed by atoms with Crippen molar-refractivity contribution in [2.24, 2.45) is 11.8 Å². The zero-order valence-electron chi connectivity index (χ0n) is 10.4. The Balaban J connectivity index is 2.05. The molecule has 2 rings (SSSR count). The monoisotopic (exact) mass is 310 g/mol. The van der Waals surface area contributed by atoms with E-state index in [2.05, 4.69) is 34.1 Å². The fourth-order valence-electron chi connectivity index (χ4n) is 2.99. The molecule has 0 aromatic heterocycles. The summed E-state index contributed by atoms with van der Waals surface area (Å²) in [6.07, 6.45) is 5.99. The number of hydrogen-bond donors (Lipinski definition) is 1. The number of carboxylic acid groups (broad SMARTS) is 1. The first-order chi connectivity index (χ1) is 8.66. The van der Waals surface area contributed by atoms with Gasteiger partial charge in [0.25, 0.3) is 0 Å². The molecule has 3 heteroatoms. The summed E-state index contributed by atoms with van der Waals surface area (Å²) in [5.41, 5.74) is 1.31. The summed E-state index contributed by atoms with van der Waals surface area (Å²) >= 11 is 3.58. The second kappa shape index (κ2) is 6.37. The molecule has 98 valence electrons. The van der Waals surface area contributed by atoms with Gasteiger partial charge in [-0.25, -0.2) is 0 Å². The van der Waals surface area contributed by atoms with Crippen LogP contribution in [0.2, 0.25) is 0 Å². The normalized spacial score (nSPS) is 23.8. The van der Waals surface area contributed by atoms with Gasteiger partial charge in [-0.15, -0.1) is 0 Å². The number of rotatable bonds is 4. The summed E-state index contributed by atoms with van der Waals surface area (Å²) in [6.45, 7) is 0. The van der Waals surface area contributed by atoms with Crippen LogP contribution in [0.1, 0.15) is 37.7 Å². The highest BCUT2D eigenvalue weighted by Gasteiger charge is 2.27. The van der Waals surface area contributed by atoms with Crippen LogP contribution >= 0.6 is 15.9 Å². The fourth-order valence-corrected chi connectivity index (χ4v) is 3.44. The van der Waals surface area contributed by atoms with Gasteiger partial charge in [-0.3, -0.25) is 4.79 Å². The molecule has 1 aromatic rings. The maximum atomic E-state index is 10.9. The summed E-state index contributed by atoms with van der Waals surface area (Å²) in [6, 6.07) is 8.26. The van der Waals surface area contributed by atoms with Crippen molar-refractivity contribution in [3.05, 3.63) is 34.3 Å². The van der Waals surface area contributed by atoms with E-state index in [1.807, 2.05) is 6.07 Å². The molecule has 2 atom stereocenters. The van der Waals surface area contributed by atoms with Crippen molar-refractivity contribution in [2.45, 2.75) is 38.5 Å². The van der Waals surface area contributed by atoms with Crippen LogP contribution in [0, 0.1) is 11.8 Å². The van der Waals surface area contributed by atoms with Crippen LogP contribution in [0.15, 0.2) is 28.7 Å². The van der Waals surface area contributed by atoms with Crippen molar-refractivity contribution in [3.8, 4) is 0 Å². The van der Waals surface area contributed by atoms with Gasteiger partial charge in [0, 0.05) is 10.9 Å². The first-order valence-electron chi connectivity index (χ1n) is 6.62. The van der Waals surface area contributed by atoms with Gasteiger partial charge in [0.05, 0.1) is 0 Å². The smallest absolute Gasteiger partial charge is 0.303 e. The molecular weight excluding hydrogens is 292 g/mol. The fraction of sp³-hybridized carbons (Fsp3) is 0.533. The third kappa shape index (κ3) is 3.58. The third-order valence-electron chi connectivity index (χ3n) is 3.94. The Labute approximate surface area is 117 Å². The lowest BCUT2D eigenvalue weighted by molar-refractivity contribution is -0.138. The number of aliphatic carboxylic acids is 1. The lowest BCUT2D eigenvalue weighted by atomic mass is 9.75. The Kier molecular flexibility index (Phi) is 4.81. The number of carbonyl (C=O) groups is 1. The Bertz CT molecular complexity index is 417. The van der Waals surface area contributed by atoms with Crippen molar-refractivity contribution in [1.82, 2.24) is 0 Å². The Morgan fingerprint density at radius 1 is 1.22 bits per heavy atom. The average Bonchev–Trinajstić information content (AvgIpc) is 2.34. The lowest BCUT2D eigenvalue weighted by Crippen LogP contribution is -2.24. The maximum absolute atomic E-state index is 10.9. The standard InChI is InChI=1S/C15H19BrO2/c16-14-8-4-3-7-13(14)9-11-5-1-2-6-12(11)10-15(17)18/h3-4,7-8,11-12H,1-2,5-6,9-10H2,(H,17,18). The van der Waals surface area contributed by atoms with E-state index < -0.39 is 5.97 Å². The topological polar surface area (TPSA) is 37.3 Å². The van der Waals surface area contributed by atoms with Crippen LogP contribution in [0.3, 0.4) is 0 Å². The second-order valence-electron chi connectivity index (χ2n) is 5.20. The highest BCUT2D eigenvalue weighted by Crippen LogP contribution is 2.35. The molecule has 0 amide bonds. The predicted molar refractivity (Wildman–Crippen MR) is 75.5 cm³/mol. The van der Waals surface area contributed by atoms with Crippen LogP contribution in [-0.4, -0.2) is 11.1 Å². The highest BCUT2D eigenvalue weighted by atomic mass is 79.9. The first kappa shape index (κ1) is 13.6. The molecule has 1 aromatic carbocycles. The van der Waals surface area contributed by atoms with Crippen LogP contribution < -0.4 is 0 Å². The second-order valence-corrected chi connectivity index (χ2v) is 6.05. The van der Waals surface area contributed by atoms with Crippen molar-refractivity contribution in [2.75, 3.05) is 0 Å². The summed E-state index contributed by atoms with van der Waals surface area (Å²) in [5.74, 6) is 0.218. The van der Waals surface area contributed by atoms with Crippen LogP contribution in [0.25, 0.3) is 0 Å². The molecule has 1 saturated carbocycles. The number of benzene rings is 1. The number of halogens is 1. The van der Waals surface area contributed by atoms with Crippen molar-refractivity contribution in [3.63, 3.8) is 0 Å². The van der Waals surface area contributed by atoms with E-state index in [0.717, 1.165) is 17.3 Å². The SMILES string of the molecule is O=C(O)CC1CCCCC1Cc1ccccc1Br. The molecule has 0 spiro atoms. The maximum Gasteiger partial charge on any atom is 0.303 e. The lowest BCUT2D eigenvalue weighted by Gasteiger charge is -2.31. The van der Waals surface area contributed by atoms with Gasteiger partial charge in [-0.05, 0) is 42.7 Å². The molecule has 0 radical (unpaired) electrons. The first-order valence-corrected chi connectivity index (χ1v) is 7.41. The zero-order chi connectivity index (χ0) is 13.0. The van der Waals surface area contributed by atoms with Gasteiger partial charge in [0.2, 0.25) is 0 Å². The van der Waals surface area contributed by atoms with Gasteiger partial charge in [0.15, 0.2) is 0 Å². The van der Waals surface area contributed by atoms with Crippen molar-refractivity contribution in [1.29, 1.82) is 0 Å². The molecule has 0 saturated heterocycles. The molecular formula is C15H19BrO2. The van der Waals surface area contributed by atoms with Gasteiger partial charge in [0.1, 0.15) is 0 Å². The number of hydrogen-bond acceptors (Lipinski definition) is 1. The molecule has 1 fully saturated rings. The zero-order valence-corrected chi connectivity index (χ0v) is 12.0. The van der Waals surface area contributed by atoms with Gasteiger partial charge >= 0.3 is 5.97 Å². The van der Waals surface area contributed by atoms with E-state index in [9.17, 15) is 4.79 Å². The molecule has 2 nitrogen and oxygen atoms in total. The molecule has 0 heterocycles. The van der Waals surface area contributed by atoms with Gasteiger partial charge in [-0.1, -0.05) is 47.0 Å². The molecule has 18 heavy (non-hydrogen) atoms. The minimum atomic E-state index is -0.654. The molecule has 0 aliphatic heterocycles. The van der Waals surface area contributed by atoms with Crippen molar-refractivity contribution < 1.29 is 9.90 Å². The molecule has 1 N–H and O–H groups in total. The molecule has 0 bridgehead atoms. The van der Waals surface area contributed by atoms with Crippen molar-refractivity contribution >= 4 is 21.9 Å². The van der Waals surface area contributed by atoms with E-state index in [4.69, 9.17) is 5.11 Å². The Morgan fingerprint density at radius 2 is 1.89 bits per heavy atom.